The Hall–Kier alpha value is -3.74. The number of aromatic amines is 1. The number of anilines is 1. The third-order valence-corrected chi connectivity index (χ3v) is 4.15. The van der Waals surface area contributed by atoms with E-state index in [9.17, 15) is 14.4 Å². The highest BCUT2D eigenvalue weighted by molar-refractivity contribution is 5.97. The van der Waals surface area contributed by atoms with Crippen molar-refractivity contribution in [3.05, 3.63) is 83.0 Å². The number of carbonyl (C=O) groups is 2. The number of hydrogen-bond acceptors (Lipinski definition) is 4. The van der Waals surface area contributed by atoms with E-state index in [4.69, 9.17) is 0 Å². The number of amides is 2. The first-order valence-electron chi connectivity index (χ1n) is 8.78. The number of benzene rings is 1. The molecule has 7 heteroatoms. The topological polar surface area (TPSA) is 104 Å². The van der Waals surface area contributed by atoms with E-state index >= 15 is 0 Å². The average Bonchev–Trinajstić information content (AvgIpc) is 2.70. The van der Waals surface area contributed by atoms with Crippen LogP contribution in [-0.2, 0) is 16.0 Å². The van der Waals surface area contributed by atoms with Crippen molar-refractivity contribution in [1.82, 2.24) is 15.3 Å². The molecule has 7 nitrogen and oxygen atoms in total. The largest absolute Gasteiger partial charge is 0.344 e. The lowest BCUT2D eigenvalue weighted by atomic mass is 10.0. The van der Waals surface area contributed by atoms with Crippen molar-refractivity contribution < 1.29 is 9.59 Å². The molecule has 0 unspecified atom stereocenters. The van der Waals surface area contributed by atoms with Gasteiger partial charge in [0.05, 0.1) is 0 Å². The summed E-state index contributed by atoms with van der Waals surface area (Å²) < 4.78 is 0. The van der Waals surface area contributed by atoms with Gasteiger partial charge in [0.25, 0.3) is 5.56 Å². The van der Waals surface area contributed by atoms with Gasteiger partial charge in [-0.1, -0.05) is 30.3 Å². The van der Waals surface area contributed by atoms with Crippen molar-refractivity contribution in [2.45, 2.75) is 19.4 Å². The van der Waals surface area contributed by atoms with Gasteiger partial charge in [0.1, 0.15) is 11.7 Å². The molecule has 0 bridgehead atoms. The number of H-pyrrole nitrogens is 1. The Balaban J connectivity index is 1.82. The minimum atomic E-state index is -0.802. The highest BCUT2D eigenvalue weighted by atomic mass is 16.2. The number of pyridine rings is 2. The summed E-state index contributed by atoms with van der Waals surface area (Å²) in [5.74, 6) is -0.785. The summed E-state index contributed by atoms with van der Waals surface area (Å²) in [5.41, 5.74) is 2.17. The van der Waals surface area contributed by atoms with Crippen LogP contribution in [0.2, 0.25) is 0 Å². The minimum Gasteiger partial charge on any atom is -0.344 e. The second-order valence-corrected chi connectivity index (χ2v) is 6.30. The molecule has 0 saturated carbocycles. The minimum absolute atomic E-state index is 0.114. The second-order valence-electron chi connectivity index (χ2n) is 6.30. The Morgan fingerprint density at radius 2 is 1.79 bits per heavy atom. The Morgan fingerprint density at radius 1 is 1.07 bits per heavy atom. The zero-order valence-electron chi connectivity index (χ0n) is 15.3. The first-order valence-corrected chi connectivity index (χ1v) is 8.78. The highest BCUT2D eigenvalue weighted by Crippen LogP contribution is 2.18. The highest BCUT2D eigenvalue weighted by Gasteiger charge is 2.21. The van der Waals surface area contributed by atoms with Crippen molar-refractivity contribution in [2.24, 2.45) is 0 Å². The molecule has 0 aliphatic heterocycles. The fourth-order valence-electron chi connectivity index (χ4n) is 2.81. The Labute approximate surface area is 161 Å². The van der Waals surface area contributed by atoms with E-state index < -0.39 is 17.5 Å². The number of nitrogens with one attached hydrogen (secondary N) is 3. The zero-order valence-corrected chi connectivity index (χ0v) is 15.3. The van der Waals surface area contributed by atoms with Gasteiger partial charge in [-0.25, -0.2) is 0 Å². The molecule has 0 aliphatic rings. The second kappa shape index (κ2) is 8.77. The normalized spacial score (nSPS) is 11.5. The molecule has 2 aromatic heterocycles. The molecule has 0 radical (unpaired) electrons. The Morgan fingerprint density at radius 3 is 2.46 bits per heavy atom. The summed E-state index contributed by atoms with van der Waals surface area (Å²) in [6.07, 6.45) is 5.17. The van der Waals surface area contributed by atoms with Crippen molar-refractivity contribution in [2.75, 3.05) is 5.32 Å². The van der Waals surface area contributed by atoms with Crippen molar-refractivity contribution >= 4 is 17.5 Å². The molecule has 1 aromatic carbocycles. The fourth-order valence-corrected chi connectivity index (χ4v) is 2.81. The van der Waals surface area contributed by atoms with Crippen molar-refractivity contribution in [3.8, 4) is 11.1 Å². The lowest BCUT2D eigenvalue weighted by Gasteiger charge is -2.18. The van der Waals surface area contributed by atoms with Crippen LogP contribution >= 0.6 is 0 Å². The van der Waals surface area contributed by atoms with Crippen LogP contribution < -0.4 is 16.2 Å². The van der Waals surface area contributed by atoms with Gasteiger partial charge in [-0.15, -0.1) is 0 Å². The third kappa shape index (κ3) is 4.91. The van der Waals surface area contributed by atoms with Gasteiger partial charge < -0.3 is 15.6 Å². The van der Waals surface area contributed by atoms with Gasteiger partial charge in [-0.2, -0.15) is 0 Å². The Kier molecular flexibility index (Phi) is 5.96. The van der Waals surface area contributed by atoms with Crippen LogP contribution in [0.15, 0.2) is 71.9 Å². The number of aromatic nitrogens is 2. The number of carbonyl (C=O) groups excluding carboxylic acids is 2. The van der Waals surface area contributed by atoms with Crippen LogP contribution in [0.1, 0.15) is 12.5 Å². The number of nitrogens with zero attached hydrogens (tertiary/aromatic N) is 1. The van der Waals surface area contributed by atoms with E-state index in [1.165, 1.54) is 6.92 Å². The van der Waals surface area contributed by atoms with Gasteiger partial charge >= 0.3 is 0 Å². The van der Waals surface area contributed by atoms with Gasteiger partial charge in [0.2, 0.25) is 11.8 Å². The molecule has 2 amide bonds. The average molecular weight is 376 g/mol. The van der Waals surface area contributed by atoms with Crippen LogP contribution in [-0.4, -0.2) is 27.8 Å². The summed E-state index contributed by atoms with van der Waals surface area (Å²) in [6, 6.07) is 13.7. The van der Waals surface area contributed by atoms with E-state index in [0.717, 1.165) is 16.7 Å². The smallest absolute Gasteiger partial charge is 0.271 e. The summed E-state index contributed by atoms with van der Waals surface area (Å²) in [6.45, 7) is 1.35. The van der Waals surface area contributed by atoms with Gasteiger partial charge in [0.15, 0.2) is 0 Å². The van der Waals surface area contributed by atoms with Gasteiger partial charge in [-0.3, -0.25) is 19.4 Å². The maximum atomic E-state index is 12.8. The zero-order chi connectivity index (χ0) is 19.9. The molecule has 2 heterocycles. The quantitative estimate of drug-likeness (QED) is 0.613. The van der Waals surface area contributed by atoms with E-state index in [0.29, 0.717) is 6.42 Å². The molecule has 3 N–H and O–H groups in total. The molecule has 3 rings (SSSR count). The van der Waals surface area contributed by atoms with Crippen molar-refractivity contribution in [1.29, 1.82) is 0 Å². The SMILES string of the molecule is CC(=O)N[C@@H](Cc1ccccc1)C(=O)Nc1cc(-c2ccncc2)c[nH]c1=O. The predicted octanol–water partition coefficient (Wildman–Crippen LogP) is 2.12. The molecule has 0 spiro atoms. The predicted molar refractivity (Wildman–Crippen MR) is 107 cm³/mol. The Bertz CT molecular complexity index is 1020. The van der Waals surface area contributed by atoms with Crippen LogP contribution in [0.3, 0.4) is 0 Å². The lowest BCUT2D eigenvalue weighted by molar-refractivity contribution is -0.125. The molecule has 1 atom stereocenters. The summed E-state index contributed by atoms with van der Waals surface area (Å²) in [5, 5.41) is 5.28. The molecular formula is C21H20N4O3. The molecule has 0 saturated heterocycles. The van der Waals surface area contributed by atoms with E-state index in [1.54, 1.807) is 36.8 Å². The van der Waals surface area contributed by atoms with Gasteiger partial charge in [0, 0.05) is 37.5 Å². The first kappa shape index (κ1) is 19.0. The number of rotatable bonds is 6. The van der Waals surface area contributed by atoms with Crippen LogP contribution in [0.25, 0.3) is 11.1 Å². The summed E-state index contributed by atoms with van der Waals surface area (Å²) in [7, 11) is 0. The van der Waals surface area contributed by atoms with Gasteiger partial charge in [-0.05, 0) is 29.3 Å². The molecular weight excluding hydrogens is 356 g/mol. The molecule has 0 aliphatic carbocycles. The summed E-state index contributed by atoms with van der Waals surface area (Å²) >= 11 is 0. The van der Waals surface area contributed by atoms with Crippen LogP contribution in [0.5, 0.6) is 0 Å². The van der Waals surface area contributed by atoms with E-state index in [2.05, 4.69) is 20.6 Å². The maximum absolute atomic E-state index is 12.8. The van der Waals surface area contributed by atoms with E-state index in [-0.39, 0.29) is 11.6 Å². The number of hydrogen-bond donors (Lipinski definition) is 3. The molecule has 0 fully saturated rings. The third-order valence-electron chi connectivity index (χ3n) is 4.15. The fraction of sp³-hybridized carbons (Fsp3) is 0.143. The van der Waals surface area contributed by atoms with Crippen molar-refractivity contribution in [3.63, 3.8) is 0 Å². The molecule has 3 aromatic rings. The summed E-state index contributed by atoms with van der Waals surface area (Å²) in [4.78, 5) is 43.1. The van der Waals surface area contributed by atoms with E-state index in [1.807, 2.05) is 30.3 Å². The maximum Gasteiger partial charge on any atom is 0.271 e. The molecule has 28 heavy (non-hydrogen) atoms. The first-order chi connectivity index (χ1) is 13.5. The monoisotopic (exact) mass is 376 g/mol. The van der Waals surface area contributed by atoms with Crippen LogP contribution in [0, 0.1) is 0 Å². The standard InChI is InChI=1S/C21H20N4O3/c1-14(26)24-18(11-15-5-3-2-4-6-15)21(28)25-19-12-17(13-23-20(19)27)16-7-9-22-10-8-16/h2-10,12-13,18H,11H2,1H3,(H,23,27)(H,24,26)(H,25,28)/t18-/m0/s1. The van der Waals surface area contributed by atoms with Crippen LogP contribution in [0.4, 0.5) is 5.69 Å². The lowest BCUT2D eigenvalue weighted by Crippen LogP contribution is -2.45. The molecule has 142 valence electrons.